The zero-order valence-corrected chi connectivity index (χ0v) is 14.1. The number of carboxylic acid groups (broad SMARTS) is 1. The number of aromatic amines is 1. The average molecular weight is 358 g/mol. The van der Waals surface area contributed by atoms with Gasteiger partial charge in [0.1, 0.15) is 11.4 Å². The number of carbonyl (C=O) groups is 2. The second kappa shape index (κ2) is 6.95. The van der Waals surface area contributed by atoms with E-state index in [4.69, 9.17) is 4.74 Å². The van der Waals surface area contributed by atoms with E-state index in [1.807, 2.05) is 0 Å². The molecule has 3 rings (SSSR count). The Morgan fingerprint density at radius 1 is 1.27 bits per heavy atom. The Morgan fingerprint density at radius 3 is 2.58 bits per heavy atom. The highest BCUT2D eigenvalue weighted by Crippen LogP contribution is 2.30. The van der Waals surface area contributed by atoms with E-state index in [9.17, 15) is 19.5 Å². The summed E-state index contributed by atoms with van der Waals surface area (Å²) in [6.07, 6.45) is 1.87. The van der Waals surface area contributed by atoms with Crippen LogP contribution in [0.1, 0.15) is 29.0 Å². The fourth-order valence-electron chi connectivity index (χ4n) is 2.84. The molecule has 0 radical (unpaired) electrons. The first-order chi connectivity index (χ1) is 12.4. The Morgan fingerprint density at radius 2 is 2.00 bits per heavy atom. The quantitative estimate of drug-likeness (QED) is 0.820. The number of nitrogens with one attached hydrogen (secondary N) is 1. The molecule has 0 spiro atoms. The number of amides is 1. The molecule has 2 N–H and O–H groups in total. The number of carboxylic acids is 1. The molecule has 0 aliphatic carbocycles. The molecule has 3 heterocycles. The number of rotatable bonds is 4. The summed E-state index contributed by atoms with van der Waals surface area (Å²) >= 11 is 0. The predicted octanol–water partition coefficient (Wildman–Crippen LogP) is 0.612. The van der Waals surface area contributed by atoms with Gasteiger partial charge in [-0.2, -0.15) is 5.10 Å². The van der Waals surface area contributed by atoms with Crippen molar-refractivity contribution in [3.63, 3.8) is 0 Å². The Balaban J connectivity index is 1.74. The molecule has 1 aliphatic rings. The lowest BCUT2D eigenvalue weighted by Gasteiger charge is -2.38. The van der Waals surface area contributed by atoms with E-state index in [1.165, 1.54) is 17.0 Å². The first-order valence-electron chi connectivity index (χ1n) is 8.10. The fourth-order valence-corrected chi connectivity index (χ4v) is 2.84. The number of H-pyrrole nitrogens is 1. The highest BCUT2D eigenvalue weighted by atomic mass is 16.5. The lowest BCUT2D eigenvalue weighted by molar-refractivity contribution is -0.159. The smallest absolute Gasteiger partial charge is 0.348 e. The lowest BCUT2D eigenvalue weighted by atomic mass is 9.90. The highest BCUT2D eigenvalue weighted by molar-refractivity contribution is 5.92. The third-order valence-corrected chi connectivity index (χ3v) is 4.41. The monoisotopic (exact) mass is 358 g/mol. The Labute approximate surface area is 148 Å². The Kier molecular flexibility index (Phi) is 4.70. The van der Waals surface area contributed by atoms with Crippen LogP contribution in [-0.4, -0.2) is 55.8 Å². The van der Waals surface area contributed by atoms with Crippen LogP contribution in [0, 0.1) is 6.92 Å². The zero-order chi connectivity index (χ0) is 18.7. The average Bonchev–Trinajstić information content (AvgIpc) is 2.64. The van der Waals surface area contributed by atoms with E-state index in [0.29, 0.717) is 11.4 Å². The molecule has 0 unspecified atom stereocenters. The number of aryl methyl sites for hydroxylation is 1. The number of aromatic nitrogens is 3. The van der Waals surface area contributed by atoms with Crippen molar-refractivity contribution in [3.05, 3.63) is 52.2 Å². The van der Waals surface area contributed by atoms with Crippen LogP contribution in [-0.2, 0) is 4.79 Å². The van der Waals surface area contributed by atoms with Crippen LogP contribution < -0.4 is 10.3 Å². The Hall–Kier alpha value is -3.23. The summed E-state index contributed by atoms with van der Waals surface area (Å²) in [6, 6.07) is 5.92. The minimum atomic E-state index is -1.41. The van der Waals surface area contributed by atoms with Gasteiger partial charge in [-0.25, -0.2) is 9.89 Å². The van der Waals surface area contributed by atoms with E-state index in [-0.39, 0.29) is 37.5 Å². The molecular weight excluding hydrogens is 340 g/mol. The van der Waals surface area contributed by atoms with Gasteiger partial charge in [0.15, 0.2) is 0 Å². The fraction of sp³-hybridized carbons (Fsp3) is 0.353. The number of pyridine rings is 1. The zero-order valence-electron chi connectivity index (χ0n) is 14.1. The lowest BCUT2D eigenvalue weighted by Crippen LogP contribution is -2.54. The number of hydrogen-bond acceptors (Lipinski definition) is 6. The van der Waals surface area contributed by atoms with Crippen molar-refractivity contribution in [2.75, 3.05) is 13.1 Å². The summed E-state index contributed by atoms with van der Waals surface area (Å²) in [5, 5.41) is 15.6. The van der Waals surface area contributed by atoms with Crippen molar-refractivity contribution >= 4 is 11.9 Å². The third kappa shape index (κ3) is 3.41. The molecule has 136 valence electrons. The summed E-state index contributed by atoms with van der Waals surface area (Å²) in [7, 11) is 0. The number of likely N-dealkylation sites (tertiary alicyclic amines) is 1. The maximum Gasteiger partial charge on any atom is 0.348 e. The maximum atomic E-state index is 12.4. The van der Waals surface area contributed by atoms with E-state index in [0.717, 1.165) is 0 Å². The molecule has 2 aromatic rings. The van der Waals surface area contributed by atoms with Gasteiger partial charge in [0.05, 0.1) is 5.69 Å². The van der Waals surface area contributed by atoms with Gasteiger partial charge >= 0.3 is 5.97 Å². The van der Waals surface area contributed by atoms with Gasteiger partial charge in [0.25, 0.3) is 11.5 Å². The molecule has 0 bridgehead atoms. The second-order valence-electron chi connectivity index (χ2n) is 6.09. The summed E-state index contributed by atoms with van der Waals surface area (Å²) in [5.41, 5.74) is -1.10. The third-order valence-electron chi connectivity index (χ3n) is 4.41. The largest absolute Gasteiger partial charge is 0.478 e. The first kappa shape index (κ1) is 17.6. The Bertz CT molecular complexity index is 866. The van der Waals surface area contributed by atoms with Gasteiger partial charge in [0.2, 0.25) is 5.60 Å². The topological polar surface area (TPSA) is 125 Å². The number of hydrogen-bond donors (Lipinski definition) is 2. The number of aliphatic carboxylic acids is 1. The van der Waals surface area contributed by atoms with Crippen molar-refractivity contribution in [2.45, 2.75) is 25.4 Å². The van der Waals surface area contributed by atoms with Crippen LogP contribution in [0.4, 0.5) is 0 Å². The first-order valence-corrected chi connectivity index (χ1v) is 8.10. The van der Waals surface area contributed by atoms with Gasteiger partial charge in [0, 0.05) is 38.2 Å². The van der Waals surface area contributed by atoms with E-state index < -0.39 is 17.1 Å². The van der Waals surface area contributed by atoms with Crippen molar-refractivity contribution in [1.29, 1.82) is 0 Å². The van der Waals surface area contributed by atoms with Crippen molar-refractivity contribution in [2.24, 2.45) is 0 Å². The molecule has 26 heavy (non-hydrogen) atoms. The predicted molar refractivity (Wildman–Crippen MR) is 90.0 cm³/mol. The van der Waals surface area contributed by atoms with Crippen LogP contribution in [0.2, 0.25) is 0 Å². The minimum absolute atomic E-state index is 0.108. The van der Waals surface area contributed by atoms with Crippen LogP contribution in [0.15, 0.2) is 35.3 Å². The summed E-state index contributed by atoms with van der Waals surface area (Å²) in [5.74, 6) is -1.02. The number of piperidine rings is 1. The number of nitrogens with zero attached hydrogens (tertiary/aromatic N) is 3. The molecule has 1 fully saturated rings. The van der Waals surface area contributed by atoms with Crippen molar-refractivity contribution in [1.82, 2.24) is 20.1 Å². The van der Waals surface area contributed by atoms with Gasteiger partial charge in [-0.1, -0.05) is 0 Å². The van der Waals surface area contributed by atoms with Crippen LogP contribution in [0.3, 0.4) is 0 Å². The molecular formula is C17H18N4O5. The molecule has 1 aliphatic heterocycles. The van der Waals surface area contributed by atoms with Crippen LogP contribution >= 0.6 is 0 Å². The molecule has 2 aromatic heterocycles. The molecule has 1 saturated heterocycles. The molecule has 0 saturated carbocycles. The molecule has 9 heteroatoms. The second-order valence-corrected chi connectivity index (χ2v) is 6.09. The summed E-state index contributed by atoms with van der Waals surface area (Å²) in [6.45, 7) is 2.14. The summed E-state index contributed by atoms with van der Waals surface area (Å²) < 4.78 is 5.82. The highest BCUT2D eigenvalue weighted by Gasteiger charge is 2.45. The van der Waals surface area contributed by atoms with E-state index >= 15 is 0 Å². The van der Waals surface area contributed by atoms with Gasteiger partial charge < -0.3 is 14.7 Å². The van der Waals surface area contributed by atoms with E-state index in [1.54, 1.807) is 25.3 Å². The SMILES string of the molecule is Cc1ncccc1OC1(C(=O)O)CCN(C(=O)c2ccc(=O)[nH]n2)CC1. The summed E-state index contributed by atoms with van der Waals surface area (Å²) in [4.78, 5) is 41.0. The molecule has 9 nitrogen and oxygen atoms in total. The maximum absolute atomic E-state index is 12.4. The van der Waals surface area contributed by atoms with E-state index in [2.05, 4.69) is 15.2 Å². The van der Waals surface area contributed by atoms with Gasteiger partial charge in [-0.3, -0.25) is 14.6 Å². The number of ether oxygens (including phenoxy) is 1. The van der Waals surface area contributed by atoms with Gasteiger partial charge in [-0.15, -0.1) is 0 Å². The molecule has 1 amide bonds. The standard InChI is InChI=1S/C17H18N4O5/c1-11-13(3-2-8-18-11)26-17(16(24)25)6-9-21(10-7-17)15(23)12-4-5-14(22)20-19-12/h2-5,8H,6-7,9-10H2,1H3,(H,20,22)(H,24,25). The van der Waals surface area contributed by atoms with Gasteiger partial charge in [-0.05, 0) is 25.1 Å². The normalized spacial score (nSPS) is 16.1. The number of carbonyl (C=O) groups excluding carboxylic acids is 1. The minimum Gasteiger partial charge on any atom is -0.478 e. The van der Waals surface area contributed by atoms with Crippen LogP contribution in [0.5, 0.6) is 5.75 Å². The van der Waals surface area contributed by atoms with Crippen molar-refractivity contribution < 1.29 is 19.4 Å². The van der Waals surface area contributed by atoms with Crippen LogP contribution in [0.25, 0.3) is 0 Å². The molecule has 0 aromatic carbocycles. The molecule has 0 atom stereocenters. The van der Waals surface area contributed by atoms with Crippen molar-refractivity contribution in [3.8, 4) is 5.75 Å².